The summed E-state index contributed by atoms with van der Waals surface area (Å²) in [6.45, 7) is 0.205. The molecule has 138 valence electrons. The van der Waals surface area contributed by atoms with Crippen LogP contribution < -0.4 is 5.32 Å². The zero-order valence-corrected chi connectivity index (χ0v) is 14.0. The summed E-state index contributed by atoms with van der Waals surface area (Å²) in [5.74, 6) is 0.387. The van der Waals surface area contributed by atoms with E-state index in [1.54, 1.807) is 47.4 Å². The number of fused-ring (bicyclic) bond motifs is 1. The average molecular weight is 372 g/mol. The molecular formula is C20H15F3N2O2. The second-order valence-corrected chi connectivity index (χ2v) is 6.23. The molecule has 0 spiro atoms. The van der Waals surface area contributed by atoms with Crippen LogP contribution in [0.1, 0.15) is 33.4 Å². The third-order valence-electron chi connectivity index (χ3n) is 4.46. The van der Waals surface area contributed by atoms with E-state index in [0.717, 1.165) is 12.1 Å². The van der Waals surface area contributed by atoms with Gasteiger partial charge in [0.1, 0.15) is 11.9 Å². The second-order valence-electron chi connectivity index (χ2n) is 6.23. The van der Waals surface area contributed by atoms with E-state index >= 15 is 0 Å². The van der Waals surface area contributed by atoms with Gasteiger partial charge in [-0.25, -0.2) is 0 Å². The molecule has 0 aliphatic carbocycles. The summed E-state index contributed by atoms with van der Waals surface area (Å²) in [6.07, 6.45) is -3.52. The van der Waals surface area contributed by atoms with Crippen molar-refractivity contribution in [2.45, 2.75) is 18.9 Å². The SMILES string of the molecule is O=C1c2ccccc2[C@@H](Nc2cccc(C(F)(F)F)c2)N1Cc1ccco1. The van der Waals surface area contributed by atoms with Gasteiger partial charge in [-0.2, -0.15) is 13.2 Å². The number of amides is 1. The van der Waals surface area contributed by atoms with Gasteiger partial charge in [0.25, 0.3) is 5.91 Å². The Labute approximate surface area is 153 Å². The Morgan fingerprint density at radius 3 is 2.59 bits per heavy atom. The van der Waals surface area contributed by atoms with Crippen molar-refractivity contribution < 1.29 is 22.4 Å². The van der Waals surface area contributed by atoms with Gasteiger partial charge in [-0.3, -0.25) is 4.79 Å². The van der Waals surface area contributed by atoms with Crippen LogP contribution >= 0.6 is 0 Å². The van der Waals surface area contributed by atoms with Gasteiger partial charge in [-0.1, -0.05) is 24.3 Å². The van der Waals surface area contributed by atoms with Crippen molar-refractivity contribution in [3.8, 4) is 0 Å². The number of alkyl halides is 3. The fourth-order valence-corrected chi connectivity index (χ4v) is 3.20. The third kappa shape index (κ3) is 3.28. The van der Waals surface area contributed by atoms with Crippen LogP contribution in [-0.4, -0.2) is 10.8 Å². The molecule has 27 heavy (non-hydrogen) atoms. The maximum absolute atomic E-state index is 13.0. The highest BCUT2D eigenvalue weighted by Gasteiger charge is 2.37. The number of nitrogens with zero attached hydrogens (tertiary/aromatic N) is 1. The van der Waals surface area contributed by atoms with Gasteiger partial charge in [0.05, 0.1) is 18.4 Å². The maximum atomic E-state index is 13.0. The molecule has 3 aromatic rings. The summed E-state index contributed by atoms with van der Waals surface area (Å²) in [5, 5.41) is 3.07. The molecule has 2 aromatic carbocycles. The standard InChI is InChI=1S/C20H15F3N2O2/c21-20(22,23)13-5-3-6-14(11-13)24-18-16-8-1-2-9-17(16)19(26)25(18)12-15-7-4-10-27-15/h1-11,18,24H,12H2/t18-/m0/s1. The van der Waals surface area contributed by atoms with E-state index in [4.69, 9.17) is 4.42 Å². The van der Waals surface area contributed by atoms with Gasteiger partial charge in [-0.05, 0) is 36.4 Å². The first kappa shape index (κ1) is 17.2. The molecule has 0 fully saturated rings. The normalized spacial score (nSPS) is 16.5. The van der Waals surface area contributed by atoms with Crippen LogP contribution in [0.4, 0.5) is 18.9 Å². The van der Waals surface area contributed by atoms with Crippen LogP contribution in [0.15, 0.2) is 71.3 Å². The summed E-state index contributed by atoms with van der Waals surface area (Å²) in [5.41, 5.74) is 0.770. The van der Waals surface area contributed by atoms with Gasteiger partial charge in [-0.15, -0.1) is 0 Å². The minimum absolute atomic E-state index is 0.202. The van der Waals surface area contributed by atoms with Gasteiger partial charge in [0.2, 0.25) is 0 Å². The van der Waals surface area contributed by atoms with Crippen molar-refractivity contribution in [1.29, 1.82) is 0 Å². The van der Waals surface area contributed by atoms with E-state index in [0.29, 0.717) is 16.9 Å². The van der Waals surface area contributed by atoms with Crippen molar-refractivity contribution >= 4 is 11.6 Å². The highest BCUT2D eigenvalue weighted by atomic mass is 19.4. The van der Waals surface area contributed by atoms with Gasteiger partial charge in [0, 0.05) is 16.8 Å². The Hall–Kier alpha value is -3.22. The lowest BCUT2D eigenvalue weighted by molar-refractivity contribution is -0.137. The Kier molecular flexibility index (Phi) is 4.14. The number of rotatable bonds is 4. The van der Waals surface area contributed by atoms with Gasteiger partial charge < -0.3 is 14.6 Å². The number of hydrogen-bond acceptors (Lipinski definition) is 3. The summed E-state index contributed by atoms with van der Waals surface area (Å²) in [4.78, 5) is 14.4. The first-order chi connectivity index (χ1) is 12.9. The first-order valence-corrected chi connectivity index (χ1v) is 8.29. The van der Waals surface area contributed by atoms with Crippen LogP contribution in [-0.2, 0) is 12.7 Å². The Morgan fingerprint density at radius 1 is 1.04 bits per heavy atom. The lowest BCUT2D eigenvalue weighted by Gasteiger charge is -2.26. The summed E-state index contributed by atoms with van der Waals surface area (Å²) < 4.78 is 44.4. The number of hydrogen-bond donors (Lipinski definition) is 1. The molecule has 0 saturated heterocycles. The predicted molar refractivity (Wildman–Crippen MR) is 92.8 cm³/mol. The minimum Gasteiger partial charge on any atom is -0.467 e. The smallest absolute Gasteiger partial charge is 0.416 e. The third-order valence-corrected chi connectivity index (χ3v) is 4.46. The molecule has 2 heterocycles. The molecule has 1 aromatic heterocycles. The highest BCUT2D eigenvalue weighted by Crippen LogP contribution is 2.37. The fourth-order valence-electron chi connectivity index (χ4n) is 3.20. The highest BCUT2D eigenvalue weighted by molar-refractivity contribution is 5.99. The molecule has 1 aliphatic heterocycles. The average Bonchev–Trinajstić information content (AvgIpc) is 3.25. The monoisotopic (exact) mass is 372 g/mol. The minimum atomic E-state index is -4.44. The van der Waals surface area contributed by atoms with E-state index in [-0.39, 0.29) is 18.1 Å². The quantitative estimate of drug-likeness (QED) is 0.696. The summed E-state index contributed by atoms with van der Waals surface area (Å²) in [6, 6.07) is 15.5. The number of nitrogens with one attached hydrogen (secondary N) is 1. The predicted octanol–water partition coefficient (Wildman–Crippen LogP) is 5.07. The van der Waals surface area contributed by atoms with E-state index < -0.39 is 17.9 Å². The number of halogens is 3. The van der Waals surface area contributed by atoms with E-state index in [2.05, 4.69) is 5.32 Å². The largest absolute Gasteiger partial charge is 0.467 e. The molecule has 0 unspecified atom stereocenters. The van der Waals surface area contributed by atoms with Crippen molar-refractivity contribution in [2.75, 3.05) is 5.32 Å². The van der Waals surface area contributed by atoms with Crippen LogP contribution in [0.2, 0.25) is 0 Å². The molecule has 1 N–H and O–H groups in total. The molecule has 4 rings (SSSR count). The number of carbonyl (C=O) groups excluding carboxylic acids is 1. The fraction of sp³-hybridized carbons (Fsp3) is 0.150. The Balaban J connectivity index is 1.68. The molecular weight excluding hydrogens is 357 g/mol. The lowest BCUT2D eigenvalue weighted by Crippen LogP contribution is -2.31. The zero-order chi connectivity index (χ0) is 19.0. The Bertz CT molecular complexity index is 967. The van der Waals surface area contributed by atoms with E-state index in [1.807, 2.05) is 0 Å². The molecule has 7 heteroatoms. The zero-order valence-electron chi connectivity index (χ0n) is 14.0. The molecule has 1 aliphatic rings. The van der Waals surface area contributed by atoms with Crippen LogP contribution in [0, 0.1) is 0 Å². The van der Waals surface area contributed by atoms with E-state index in [1.165, 1.54) is 12.3 Å². The Morgan fingerprint density at radius 2 is 1.85 bits per heavy atom. The van der Waals surface area contributed by atoms with E-state index in [9.17, 15) is 18.0 Å². The molecule has 0 saturated carbocycles. The summed E-state index contributed by atoms with van der Waals surface area (Å²) in [7, 11) is 0. The van der Waals surface area contributed by atoms with Crippen molar-refractivity contribution in [2.24, 2.45) is 0 Å². The molecule has 0 bridgehead atoms. The van der Waals surface area contributed by atoms with Crippen molar-refractivity contribution in [1.82, 2.24) is 4.90 Å². The van der Waals surface area contributed by atoms with Crippen molar-refractivity contribution in [3.63, 3.8) is 0 Å². The van der Waals surface area contributed by atoms with Crippen LogP contribution in [0.3, 0.4) is 0 Å². The molecule has 4 nitrogen and oxygen atoms in total. The molecule has 0 radical (unpaired) electrons. The lowest BCUT2D eigenvalue weighted by atomic mass is 10.1. The number of furan rings is 1. The second kappa shape index (κ2) is 6.50. The molecule has 1 atom stereocenters. The van der Waals surface area contributed by atoms with Gasteiger partial charge in [0.15, 0.2) is 0 Å². The number of anilines is 1. The topological polar surface area (TPSA) is 45.5 Å². The van der Waals surface area contributed by atoms with Gasteiger partial charge >= 0.3 is 6.18 Å². The number of carbonyl (C=O) groups is 1. The van der Waals surface area contributed by atoms with Crippen molar-refractivity contribution in [3.05, 3.63) is 89.4 Å². The first-order valence-electron chi connectivity index (χ1n) is 8.29. The number of benzene rings is 2. The van der Waals surface area contributed by atoms with Crippen LogP contribution in [0.25, 0.3) is 0 Å². The maximum Gasteiger partial charge on any atom is 0.416 e. The summed E-state index contributed by atoms with van der Waals surface area (Å²) >= 11 is 0. The molecule has 1 amide bonds. The van der Waals surface area contributed by atoms with Crippen LogP contribution in [0.5, 0.6) is 0 Å².